The van der Waals surface area contributed by atoms with Crippen molar-refractivity contribution in [3.8, 4) is 0 Å². The molecule has 0 N–H and O–H groups in total. The van der Waals surface area contributed by atoms with Crippen LogP contribution in [-0.2, 0) is 35.9 Å². The maximum atomic E-state index is 7.44. The summed E-state index contributed by atoms with van der Waals surface area (Å²) in [5.41, 5.74) is 0. The zero-order chi connectivity index (χ0) is 16.2. The Morgan fingerprint density at radius 2 is 0.619 bits per heavy atom. The van der Waals surface area contributed by atoms with Crippen molar-refractivity contribution in [3.63, 3.8) is 0 Å². The van der Waals surface area contributed by atoms with Gasteiger partial charge >= 0.3 is 144 Å². The van der Waals surface area contributed by atoms with Crippen LogP contribution in [0.1, 0.15) is 80.1 Å². The van der Waals surface area contributed by atoms with Crippen LogP contribution in [-0.4, -0.2) is 0 Å². The van der Waals surface area contributed by atoms with Crippen LogP contribution >= 0.6 is 0 Å². The molecule has 0 rings (SSSR count). The van der Waals surface area contributed by atoms with Gasteiger partial charge in [0, 0.05) is 0 Å². The molecule has 21 heavy (non-hydrogen) atoms. The van der Waals surface area contributed by atoms with Crippen LogP contribution in [0.3, 0.4) is 0 Å². The SMILES string of the molecule is CC[CH2][Ti]([CH2]CC)([CH2]CC)[O][Ti]([CH2]CC)([CH2]CC)[CH2]CC. The number of hydrogen-bond acceptors (Lipinski definition) is 1. The van der Waals surface area contributed by atoms with Crippen molar-refractivity contribution in [2.75, 3.05) is 0 Å². The molecular formula is C18H42OTi2. The molecule has 0 fully saturated rings. The third kappa shape index (κ3) is 8.16. The normalized spacial score (nSPS) is 12.9. The predicted molar refractivity (Wildman–Crippen MR) is 91.7 cm³/mol. The zero-order valence-electron chi connectivity index (χ0n) is 15.9. The van der Waals surface area contributed by atoms with Gasteiger partial charge in [-0.05, 0) is 0 Å². The molecular weight excluding hydrogens is 328 g/mol. The summed E-state index contributed by atoms with van der Waals surface area (Å²) in [5.74, 6) is 0. The molecule has 1 nitrogen and oxygen atoms in total. The van der Waals surface area contributed by atoms with E-state index < -0.39 is 34.0 Å². The fourth-order valence-electron chi connectivity index (χ4n) is 4.25. The van der Waals surface area contributed by atoms with Crippen LogP contribution in [0.25, 0.3) is 0 Å². The van der Waals surface area contributed by atoms with E-state index in [1.54, 1.807) is 0 Å². The van der Waals surface area contributed by atoms with Gasteiger partial charge in [-0.1, -0.05) is 0 Å². The molecule has 0 heterocycles. The quantitative estimate of drug-likeness (QED) is 0.281. The van der Waals surface area contributed by atoms with Crippen LogP contribution in [0.2, 0.25) is 28.4 Å². The maximum absolute atomic E-state index is 7.44. The van der Waals surface area contributed by atoms with E-state index in [1.165, 1.54) is 66.9 Å². The summed E-state index contributed by atoms with van der Waals surface area (Å²) in [7, 11) is 0. The van der Waals surface area contributed by atoms with Crippen LogP contribution in [0.5, 0.6) is 0 Å². The van der Waals surface area contributed by atoms with Gasteiger partial charge in [-0.2, -0.15) is 0 Å². The average molecular weight is 370 g/mol. The second kappa shape index (κ2) is 12.8. The van der Waals surface area contributed by atoms with Crippen LogP contribution < -0.4 is 0 Å². The first-order valence-corrected chi connectivity index (χ1v) is 17.7. The molecule has 0 saturated carbocycles. The summed E-state index contributed by atoms with van der Waals surface area (Å²) in [4.78, 5) is 0. The van der Waals surface area contributed by atoms with E-state index in [0.717, 1.165) is 0 Å². The second-order valence-corrected chi connectivity index (χ2v) is 20.7. The zero-order valence-corrected chi connectivity index (χ0v) is 19.0. The number of rotatable bonds is 14. The van der Waals surface area contributed by atoms with Crippen molar-refractivity contribution in [2.24, 2.45) is 0 Å². The molecule has 128 valence electrons. The van der Waals surface area contributed by atoms with Crippen LogP contribution in [0, 0.1) is 0 Å². The minimum absolute atomic E-state index is 1.35. The molecule has 0 aliphatic rings. The van der Waals surface area contributed by atoms with Gasteiger partial charge in [-0.3, -0.25) is 0 Å². The Labute approximate surface area is 143 Å². The van der Waals surface area contributed by atoms with Gasteiger partial charge in [0.15, 0.2) is 0 Å². The van der Waals surface area contributed by atoms with Gasteiger partial charge < -0.3 is 0 Å². The first kappa shape index (κ1) is 22.4. The Balaban J connectivity index is 5.30. The molecule has 0 amide bonds. The van der Waals surface area contributed by atoms with Crippen molar-refractivity contribution in [1.82, 2.24) is 0 Å². The van der Waals surface area contributed by atoms with Gasteiger partial charge in [0.25, 0.3) is 0 Å². The average Bonchev–Trinajstić information content (AvgIpc) is 2.40. The standard InChI is InChI=1S/6C3H7.O.2Ti/c6*1-3-2;;;/h6*1,3H2,2H3;;;. The molecule has 3 heteroatoms. The summed E-state index contributed by atoms with van der Waals surface area (Å²) in [5, 5.41) is 0. The summed E-state index contributed by atoms with van der Waals surface area (Å²) in [6.45, 7) is 14.3. The Kier molecular flexibility index (Phi) is 13.6. The third-order valence-electron chi connectivity index (χ3n) is 4.67. The van der Waals surface area contributed by atoms with E-state index in [9.17, 15) is 0 Å². The summed E-state index contributed by atoms with van der Waals surface area (Å²) in [6.07, 6.45) is 8.10. The molecule has 0 bridgehead atoms. The minimum atomic E-state index is -2.05. The summed E-state index contributed by atoms with van der Waals surface area (Å²) >= 11 is -4.09. The fourth-order valence-corrected chi connectivity index (χ4v) is 27.4. The first-order valence-electron chi connectivity index (χ1n) is 9.77. The predicted octanol–water partition coefficient (Wildman–Crippen LogP) is 8.11. The van der Waals surface area contributed by atoms with E-state index >= 15 is 0 Å². The van der Waals surface area contributed by atoms with E-state index in [4.69, 9.17) is 1.90 Å². The molecule has 0 radical (unpaired) electrons. The number of hydrogen-bond donors (Lipinski definition) is 0. The van der Waals surface area contributed by atoms with Crippen molar-refractivity contribution in [2.45, 2.75) is 108 Å². The molecule has 0 aliphatic heterocycles. The Morgan fingerprint density at radius 3 is 0.762 bits per heavy atom. The van der Waals surface area contributed by atoms with Gasteiger partial charge in [0.1, 0.15) is 0 Å². The first-order chi connectivity index (χ1) is 10.1. The van der Waals surface area contributed by atoms with Gasteiger partial charge in [-0.15, -0.1) is 0 Å². The molecule has 0 aromatic rings. The van der Waals surface area contributed by atoms with Crippen LogP contribution in [0.15, 0.2) is 0 Å². The molecule has 0 unspecified atom stereocenters. The van der Waals surface area contributed by atoms with Crippen molar-refractivity contribution < 1.29 is 35.9 Å². The van der Waals surface area contributed by atoms with Gasteiger partial charge in [0.2, 0.25) is 0 Å². The Bertz CT molecular complexity index is 185. The Hall–Kier alpha value is 1.39. The Morgan fingerprint density at radius 1 is 0.429 bits per heavy atom. The molecule has 0 aromatic heterocycles. The summed E-state index contributed by atoms with van der Waals surface area (Å²) in [6, 6.07) is 0. The van der Waals surface area contributed by atoms with E-state index in [1.807, 2.05) is 0 Å². The molecule has 0 atom stereocenters. The fraction of sp³-hybridized carbons (Fsp3) is 1.00. The third-order valence-corrected chi connectivity index (χ3v) is 24.8. The van der Waals surface area contributed by atoms with E-state index in [0.29, 0.717) is 0 Å². The topological polar surface area (TPSA) is 9.23 Å². The van der Waals surface area contributed by atoms with Gasteiger partial charge in [-0.25, -0.2) is 0 Å². The second-order valence-electron chi connectivity index (χ2n) is 6.97. The summed E-state index contributed by atoms with van der Waals surface area (Å²) < 4.78 is 16.2. The van der Waals surface area contributed by atoms with Crippen molar-refractivity contribution >= 4 is 0 Å². The van der Waals surface area contributed by atoms with E-state index in [2.05, 4.69) is 41.5 Å². The molecule has 0 saturated heterocycles. The molecule has 0 aromatic carbocycles. The molecule has 0 aliphatic carbocycles. The van der Waals surface area contributed by atoms with Crippen molar-refractivity contribution in [3.05, 3.63) is 0 Å². The van der Waals surface area contributed by atoms with Crippen LogP contribution in [0.4, 0.5) is 0 Å². The molecule has 0 spiro atoms. The van der Waals surface area contributed by atoms with Gasteiger partial charge in [0.05, 0.1) is 0 Å². The van der Waals surface area contributed by atoms with Crippen molar-refractivity contribution in [1.29, 1.82) is 0 Å². The van der Waals surface area contributed by atoms with E-state index in [-0.39, 0.29) is 0 Å². The monoisotopic (exact) mass is 370 g/mol.